The minimum absolute atomic E-state index is 0.495. The van der Waals surface area contributed by atoms with E-state index in [9.17, 15) is 0 Å². The summed E-state index contributed by atoms with van der Waals surface area (Å²) in [6.45, 7) is 5.00. The lowest BCUT2D eigenvalue weighted by atomic mass is 10.1. The molecule has 0 unspecified atom stereocenters. The van der Waals surface area contributed by atoms with Gasteiger partial charge in [-0.05, 0) is 40.0 Å². The Hall–Kier alpha value is -1.36. The van der Waals surface area contributed by atoms with Crippen molar-refractivity contribution in [3.63, 3.8) is 0 Å². The number of ether oxygens (including phenoxy) is 1. The molecular formula is C19H23BrN2O. The van der Waals surface area contributed by atoms with Crippen molar-refractivity contribution >= 4 is 15.9 Å². The van der Waals surface area contributed by atoms with Crippen molar-refractivity contribution in [3.8, 4) is 5.75 Å². The van der Waals surface area contributed by atoms with Crippen molar-refractivity contribution in [1.29, 1.82) is 0 Å². The van der Waals surface area contributed by atoms with Gasteiger partial charge in [0.05, 0.1) is 11.1 Å². The van der Waals surface area contributed by atoms with E-state index in [1.807, 2.05) is 24.3 Å². The molecule has 2 aromatic carbocycles. The number of hydrogen-bond acceptors (Lipinski definition) is 3. The monoisotopic (exact) mass is 374 g/mol. The molecule has 1 aliphatic rings. The number of rotatable bonds is 6. The van der Waals surface area contributed by atoms with Gasteiger partial charge < -0.3 is 10.1 Å². The standard InChI is InChI=1S/C19H23BrN2O/c20-18-8-4-5-9-19(18)23-13-10-17-15-22(12-11-21-17)14-16-6-2-1-3-7-16/h1-9,17,21H,10-15H2/t17-/m0/s1. The van der Waals surface area contributed by atoms with E-state index in [1.54, 1.807) is 0 Å². The summed E-state index contributed by atoms with van der Waals surface area (Å²) in [7, 11) is 0. The van der Waals surface area contributed by atoms with E-state index in [2.05, 4.69) is 56.5 Å². The number of benzene rings is 2. The highest BCUT2D eigenvalue weighted by Gasteiger charge is 2.19. The number of piperazine rings is 1. The molecule has 3 rings (SSSR count). The molecule has 122 valence electrons. The average Bonchev–Trinajstić information content (AvgIpc) is 2.58. The van der Waals surface area contributed by atoms with Crippen molar-refractivity contribution in [1.82, 2.24) is 10.2 Å². The summed E-state index contributed by atoms with van der Waals surface area (Å²) in [4.78, 5) is 2.52. The van der Waals surface area contributed by atoms with Crippen LogP contribution in [-0.4, -0.2) is 37.2 Å². The first-order valence-electron chi connectivity index (χ1n) is 8.18. The van der Waals surface area contributed by atoms with Gasteiger partial charge >= 0.3 is 0 Å². The van der Waals surface area contributed by atoms with Gasteiger partial charge in [0.2, 0.25) is 0 Å². The molecule has 0 saturated carbocycles. The van der Waals surface area contributed by atoms with E-state index < -0.39 is 0 Å². The summed E-state index contributed by atoms with van der Waals surface area (Å²) >= 11 is 3.52. The van der Waals surface area contributed by atoms with Crippen LogP contribution in [0.1, 0.15) is 12.0 Å². The Kier molecular flexibility index (Phi) is 6.08. The largest absolute Gasteiger partial charge is 0.492 e. The summed E-state index contributed by atoms with van der Waals surface area (Å²) in [5.41, 5.74) is 1.39. The average molecular weight is 375 g/mol. The van der Waals surface area contributed by atoms with E-state index in [0.29, 0.717) is 6.04 Å². The zero-order chi connectivity index (χ0) is 15.9. The van der Waals surface area contributed by atoms with E-state index in [1.165, 1.54) is 5.56 Å². The molecule has 0 amide bonds. The van der Waals surface area contributed by atoms with Crippen molar-refractivity contribution in [2.24, 2.45) is 0 Å². The van der Waals surface area contributed by atoms with Crippen LogP contribution in [0, 0.1) is 0 Å². The molecule has 1 heterocycles. The Labute approximate surface area is 146 Å². The molecule has 0 bridgehead atoms. The maximum absolute atomic E-state index is 5.89. The van der Waals surface area contributed by atoms with Crippen LogP contribution < -0.4 is 10.1 Å². The minimum Gasteiger partial charge on any atom is -0.492 e. The predicted octanol–water partition coefficient (Wildman–Crippen LogP) is 3.69. The Balaban J connectivity index is 1.44. The highest BCUT2D eigenvalue weighted by Crippen LogP contribution is 2.24. The molecule has 2 aromatic rings. The van der Waals surface area contributed by atoms with Crippen molar-refractivity contribution in [2.75, 3.05) is 26.2 Å². The fourth-order valence-corrected chi connectivity index (χ4v) is 3.35. The van der Waals surface area contributed by atoms with Crippen LogP contribution in [0.3, 0.4) is 0 Å². The van der Waals surface area contributed by atoms with Gasteiger partial charge in [-0.15, -0.1) is 0 Å². The van der Waals surface area contributed by atoms with Gasteiger partial charge in [0.25, 0.3) is 0 Å². The maximum Gasteiger partial charge on any atom is 0.133 e. The molecule has 1 aliphatic heterocycles. The van der Waals surface area contributed by atoms with Crippen molar-refractivity contribution in [2.45, 2.75) is 19.0 Å². The minimum atomic E-state index is 0.495. The zero-order valence-corrected chi connectivity index (χ0v) is 14.8. The molecule has 0 aromatic heterocycles. The lowest BCUT2D eigenvalue weighted by molar-refractivity contribution is 0.172. The van der Waals surface area contributed by atoms with Crippen LogP contribution in [0.2, 0.25) is 0 Å². The van der Waals surface area contributed by atoms with Crippen molar-refractivity contribution in [3.05, 3.63) is 64.6 Å². The normalized spacial score (nSPS) is 18.7. The highest BCUT2D eigenvalue weighted by molar-refractivity contribution is 9.10. The fraction of sp³-hybridized carbons (Fsp3) is 0.368. The van der Waals surface area contributed by atoms with Gasteiger partial charge in [-0.2, -0.15) is 0 Å². The molecule has 23 heavy (non-hydrogen) atoms. The first kappa shape index (κ1) is 16.5. The third-order valence-corrected chi connectivity index (χ3v) is 4.80. The second kappa shape index (κ2) is 8.48. The SMILES string of the molecule is Brc1ccccc1OCC[C@H]1CN(Cc2ccccc2)CCN1. The van der Waals surface area contributed by atoms with Crippen LogP contribution in [0.15, 0.2) is 59.1 Å². The molecule has 1 atom stereocenters. The molecule has 1 saturated heterocycles. The van der Waals surface area contributed by atoms with E-state index in [0.717, 1.165) is 49.4 Å². The summed E-state index contributed by atoms with van der Waals surface area (Å²) in [6, 6.07) is 19.2. The lowest BCUT2D eigenvalue weighted by Gasteiger charge is -2.33. The number of hydrogen-bond donors (Lipinski definition) is 1. The molecule has 0 radical (unpaired) electrons. The molecular weight excluding hydrogens is 352 g/mol. The molecule has 0 spiro atoms. The van der Waals surface area contributed by atoms with E-state index in [4.69, 9.17) is 4.74 Å². The van der Waals surface area contributed by atoms with Crippen LogP contribution >= 0.6 is 15.9 Å². The van der Waals surface area contributed by atoms with Gasteiger partial charge in [0.15, 0.2) is 0 Å². The second-order valence-electron chi connectivity index (χ2n) is 5.94. The molecule has 1 N–H and O–H groups in total. The molecule has 1 fully saturated rings. The van der Waals surface area contributed by atoms with Gasteiger partial charge in [0, 0.05) is 32.2 Å². The van der Waals surface area contributed by atoms with Crippen LogP contribution in [0.25, 0.3) is 0 Å². The summed E-state index contributed by atoms with van der Waals surface area (Å²) in [5, 5.41) is 3.60. The number of halogens is 1. The Morgan fingerprint density at radius 3 is 2.70 bits per heavy atom. The predicted molar refractivity (Wildman–Crippen MR) is 97.8 cm³/mol. The number of nitrogens with one attached hydrogen (secondary N) is 1. The summed E-state index contributed by atoms with van der Waals surface area (Å²) in [5.74, 6) is 0.921. The number of para-hydroxylation sites is 1. The Morgan fingerprint density at radius 2 is 1.87 bits per heavy atom. The quantitative estimate of drug-likeness (QED) is 0.834. The zero-order valence-electron chi connectivity index (χ0n) is 13.2. The van der Waals surface area contributed by atoms with Crippen LogP contribution in [0.5, 0.6) is 5.75 Å². The molecule has 4 heteroatoms. The third-order valence-electron chi connectivity index (χ3n) is 4.15. The third kappa shape index (κ3) is 5.06. The van der Waals surface area contributed by atoms with Crippen LogP contribution in [0.4, 0.5) is 0 Å². The summed E-state index contributed by atoms with van der Waals surface area (Å²) < 4.78 is 6.90. The summed E-state index contributed by atoms with van der Waals surface area (Å²) in [6.07, 6.45) is 1.02. The van der Waals surface area contributed by atoms with Gasteiger partial charge in [-0.1, -0.05) is 42.5 Å². The fourth-order valence-electron chi connectivity index (χ4n) is 2.95. The lowest BCUT2D eigenvalue weighted by Crippen LogP contribution is -2.50. The number of nitrogens with zero attached hydrogens (tertiary/aromatic N) is 1. The van der Waals surface area contributed by atoms with Crippen LogP contribution in [-0.2, 0) is 6.54 Å². The Morgan fingerprint density at radius 1 is 1.09 bits per heavy atom. The molecule has 0 aliphatic carbocycles. The highest BCUT2D eigenvalue weighted by atomic mass is 79.9. The van der Waals surface area contributed by atoms with Gasteiger partial charge in [-0.25, -0.2) is 0 Å². The van der Waals surface area contributed by atoms with E-state index in [-0.39, 0.29) is 0 Å². The van der Waals surface area contributed by atoms with Crippen molar-refractivity contribution < 1.29 is 4.74 Å². The first-order valence-corrected chi connectivity index (χ1v) is 8.97. The second-order valence-corrected chi connectivity index (χ2v) is 6.79. The smallest absolute Gasteiger partial charge is 0.133 e. The van der Waals surface area contributed by atoms with Gasteiger partial charge in [-0.3, -0.25) is 4.90 Å². The first-order chi connectivity index (χ1) is 11.3. The molecule has 3 nitrogen and oxygen atoms in total. The van der Waals surface area contributed by atoms with E-state index >= 15 is 0 Å². The van der Waals surface area contributed by atoms with Gasteiger partial charge in [0.1, 0.15) is 5.75 Å². The maximum atomic E-state index is 5.89. The Bertz CT molecular complexity index is 605. The topological polar surface area (TPSA) is 24.5 Å².